The van der Waals surface area contributed by atoms with Crippen LogP contribution in [0.25, 0.3) is 0 Å². The van der Waals surface area contributed by atoms with Crippen LogP contribution in [0.15, 0.2) is 22.7 Å². The van der Waals surface area contributed by atoms with E-state index in [0.29, 0.717) is 0 Å². The number of halogens is 1. The summed E-state index contributed by atoms with van der Waals surface area (Å²) in [6.07, 6.45) is 0.689. The van der Waals surface area contributed by atoms with E-state index in [2.05, 4.69) is 44.3 Å². The average molecular weight is 285 g/mol. The van der Waals surface area contributed by atoms with Crippen molar-refractivity contribution in [3.05, 3.63) is 28.2 Å². The van der Waals surface area contributed by atoms with Crippen molar-refractivity contribution in [3.8, 4) is 0 Å². The lowest BCUT2D eigenvalue weighted by Crippen LogP contribution is -2.21. The maximum absolute atomic E-state index is 9.52. The second kappa shape index (κ2) is 5.17. The maximum Gasteiger partial charge on any atom is 0.0731 e. The predicted molar refractivity (Wildman–Crippen MR) is 69.7 cm³/mol. The summed E-state index contributed by atoms with van der Waals surface area (Å²) in [6, 6.07) is 6.38. The van der Waals surface area contributed by atoms with Gasteiger partial charge in [-0.1, -0.05) is 6.07 Å². The highest BCUT2D eigenvalue weighted by atomic mass is 79.9. The minimum atomic E-state index is -0.177. The first kappa shape index (κ1) is 11.9. The van der Waals surface area contributed by atoms with Crippen molar-refractivity contribution in [3.63, 3.8) is 0 Å². The number of β-amino-alcohol motifs (C(OH)–C–C–N with tert-alkyl or cyclic N) is 1. The highest BCUT2D eigenvalue weighted by molar-refractivity contribution is 9.10. The topological polar surface area (TPSA) is 35.5 Å². The van der Waals surface area contributed by atoms with Crippen molar-refractivity contribution in [2.75, 3.05) is 25.0 Å². The highest BCUT2D eigenvalue weighted by Gasteiger charge is 2.21. The van der Waals surface area contributed by atoms with E-state index < -0.39 is 0 Å². The van der Waals surface area contributed by atoms with Crippen LogP contribution in [0.4, 0.5) is 5.69 Å². The molecule has 2 rings (SSSR count). The van der Waals surface area contributed by atoms with E-state index in [1.54, 1.807) is 0 Å². The number of hydrogen-bond donors (Lipinski definition) is 2. The third-order valence-electron chi connectivity index (χ3n) is 2.90. The molecule has 1 aromatic rings. The second-order valence-corrected chi connectivity index (χ2v) is 5.06. The number of aliphatic hydroxyl groups excluding tert-OH is 1. The molecule has 1 fully saturated rings. The molecule has 0 amide bonds. The van der Waals surface area contributed by atoms with Crippen LogP contribution < -0.4 is 10.2 Å². The summed E-state index contributed by atoms with van der Waals surface area (Å²) in [5.74, 6) is 0. The number of anilines is 1. The van der Waals surface area contributed by atoms with E-state index in [1.165, 1.54) is 11.3 Å². The van der Waals surface area contributed by atoms with Crippen LogP contribution in [0.1, 0.15) is 12.0 Å². The van der Waals surface area contributed by atoms with Crippen LogP contribution in [0, 0.1) is 0 Å². The van der Waals surface area contributed by atoms with Gasteiger partial charge < -0.3 is 15.3 Å². The molecule has 1 aliphatic heterocycles. The Bertz CT molecular complexity index is 370. The van der Waals surface area contributed by atoms with Crippen molar-refractivity contribution >= 4 is 21.6 Å². The molecule has 3 nitrogen and oxygen atoms in total. The summed E-state index contributed by atoms with van der Waals surface area (Å²) < 4.78 is 1.11. The maximum atomic E-state index is 9.52. The monoisotopic (exact) mass is 284 g/mol. The molecule has 0 radical (unpaired) electrons. The number of aliphatic hydroxyl groups is 1. The fourth-order valence-corrected chi connectivity index (χ4v) is 2.76. The Balaban J connectivity index is 2.16. The number of benzene rings is 1. The minimum Gasteiger partial charge on any atom is -0.391 e. The van der Waals surface area contributed by atoms with Gasteiger partial charge in [-0.2, -0.15) is 0 Å². The van der Waals surface area contributed by atoms with Gasteiger partial charge >= 0.3 is 0 Å². The lowest BCUT2D eigenvalue weighted by Gasteiger charge is -2.20. The number of nitrogens with one attached hydrogen (secondary N) is 1. The van der Waals surface area contributed by atoms with E-state index >= 15 is 0 Å². The van der Waals surface area contributed by atoms with Crippen molar-refractivity contribution in [2.45, 2.75) is 19.1 Å². The van der Waals surface area contributed by atoms with Crippen molar-refractivity contribution < 1.29 is 5.11 Å². The predicted octanol–water partition coefficient (Wildman–Crippen LogP) is 1.74. The standard InChI is InChI=1S/C12H17BrN2O/c1-14-7-9-2-3-12(11(13)6-9)15-5-4-10(16)8-15/h2-3,6,10,14,16H,4-5,7-8H2,1H3. The molecule has 16 heavy (non-hydrogen) atoms. The first-order valence-corrected chi connectivity index (χ1v) is 6.36. The molecule has 0 spiro atoms. The molecule has 0 aliphatic carbocycles. The Morgan fingerprint density at radius 2 is 2.38 bits per heavy atom. The normalized spacial score (nSPS) is 20.4. The van der Waals surface area contributed by atoms with E-state index in [0.717, 1.165) is 30.5 Å². The van der Waals surface area contributed by atoms with Gasteiger partial charge in [0.15, 0.2) is 0 Å². The molecule has 1 saturated heterocycles. The van der Waals surface area contributed by atoms with Crippen molar-refractivity contribution in [1.82, 2.24) is 5.32 Å². The highest BCUT2D eigenvalue weighted by Crippen LogP contribution is 2.29. The average Bonchev–Trinajstić information content (AvgIpc) is 2.65. The van der Waals surface area contributed by atoms with Gasteiger partial charge in [0.1, 0.15) is 0 Å². The van der Waals surface area contributed by atoms with Crippen LogP contribution in [0.5, 0.6) is 0 Å². The van der Waals surface area contributed by atoms with Crippen LogP contribution in [-0.2, 0) is 6.54 Å². The summed E-state index contributed by atoms with van der Waals surface area (Å²) in [6.45, 7) is 2.55. The second-order valence-electron chi connectivity index (χ2n) is 4.20. The fourth-order valence-electron chi connectivity index (χ4n) is 2.08. The Morgan fingerprint density at radius 3 is 2.94 bits per heavy atom. The molecule has 1 aliphatic rings. The SMILES string of the molecule is CNCc1ccc(N2CCC(O)C2)c(Br)c1. The van der Waals surface area contributed by atoms with Crippen molar-refractivity contribution in [1.29, 1.82) is 0 Å². The Kier molecular flexibility index (Phi) is 3.84. The summed E-state index contributed by atoms with van der Waals surface area (Å²) >= 11 is 3.60. The van der Waals surface area contributed by atoms with E-state index in [1.807, 2.05) is 7.05 Å². The van der Waals surface area contributed by atoms with Gasteiger partial charge in [-0.3, -0.25) is 0 Å². The van der Waals surface area contributed by atoms with Gasteiger partial charge in [0.05, 0.1) is 11.8 Å². The van der Waals surface area contributed by atoms with Crippen LogP contribution in [0.3, 0.4) is 0 Å². The molecule has 1 heterocycles. The smallest absolute Gasteiger partial charge is 0.0731 e. The quantitative estimate of drug-likeness (QED) is 0.888. The molecule has 1 unspecified atom stereocenters. The number of hydrogen-bond acceptors (Lipinski definition) is 3. The summed E-state index contributed by atoms with van der Waals surface area (Å²) in [7, 11) is 1.94. The molecule has 0 saturated carbocycles. The molecule has 4 heteroatoms. The van der Waals surface area contributed by atoms with Gasteiger partial charge in [-0.25, -0.2) is 0 Å². The zero-order valence-electron chi connectivity index (χ0n) is 9.41. The molecule has 2 N–H and O–H groups in total. The first-order chi connectivity index (χ1) is 7.70. The van der Waals surface area contributed by atoms with Gasteiger partial charge in [0.2, 0.25) is 0 Å². The number of nitrogens with zero attached hydrogens (tertiary/aromatic N) is 1. The van der Waals surface area contributed by atoms with Crippen LogP contribution in [0.2, 0.25) is 0 Å². The van der Waals surface area contributed by atoms with E-state index in [9.17, 15) is 5.11 Å². The summed E-state index contributed by atoms with van der Waals surface area (Å²) in [4.78, 5) is 2.22. The van der Waals surface area contributed by atoms with Gasteiger partial charge in [0.25, 0.3) is 0 Å². The first-order valence-electron chi connectivity index (χ1n) is 5.56. The summed E-state index contributed by atoms with van der Waals surface area (Å²) in [5, 5.41) is 12.7. The molecule has 0 bridgehead atoms. The summed E-state index contributed by atoms with van der Waals surface area (Å²) in [5.41, 5.74) is 2.44. The van der Waals surface area contributed by atoms with Gasteiger partial charge in [-0.15, -0.1) is 0 Å². The lowest BCUT2D eigenvalue weighted by atomic mass is 10.2. The van der Waals surface area contributed by atoms with Gasteiger partial charge in [-0.05, 0) is 47.1 Å². The molecular formula is C12H17BrN2O. The van der Waals surface area contributed by atoms with E-state index in [4.69, 9.17) is 0 Å². The van der Waals surface area contributed by atoms with Crippen LogP contribution >= 0.6 is 15.9 Å². The minimum absolute atomic E-state index is 0.177. The zero-order chi connectivity index (χ0) is 11.5. The van der Waals surface area contributed by atoms with E-state index in [-0.39, 0.29) is 6.10 Å². The van der Waals surface area contributed by atoms with Crippen molar-refractivity contribution in [2.24, 2.45) is 0 Å². The molecule has 88 valence electrons. The van der Waals surface area contributed by atoms with Crippen LogP contribution in [-0.4, -0.2) is 31.3 Å². The largest absolute Gasteiger partial charge is 0.391 e. The van der Waals surface area contributed by atoms with Gasteiger partial charge in [0, 0.05) is 24.1 Å². The Morgan fingerprint density at radius 1 is 1.56 bits per heavy atom. The third kappa shape index (κ3) is 2.56. The Labute approximate surface area is 105 Å². The third-order valence-corrected chi connectivity index (χ3v) is 3.53. The Hall–Kier alpha value is -0.580. The fraction of sp³-hybridized carbons (Fsp3) is 0.500. The molecule has 1 atom stereocenters. The lowest BCUT2D eigenvalue weighted by molar-refractivity contribution is 0.198. The number of rotatable bonds is 3. The zero-order valence-corrected chi connectivity index (χ0v) is 11.0. The molecule has 1 aromatic carbocycles. The molecular weight excluding hydrogens is 268 g/mol. The molecule has 0 aromatic heterocycles.